The quantitative estimate of drug-likeness (QED) is 0.171. The van der Waals surface area contributed by atoms with Crippen molar-refractivity contribution in [3.63, 3.8) is 0 Å². The van der Waals surface area contributed by atoms with E-state index in [2.05, 4.69) is 193 Å². The fourth-order valence-corrected chi connectivity index (χ4v) is 8.29. The van der Waals surface area contributed by atoms with Gasteiger partial charge in [-0.05, 0) is 86.3 Å². The van der Waals surface area contributed by atoms with E-state index >= 15 is 0 Å². The zero-order chi connectivity index (χ0) is 37.7. The summed E-state index contributed by atoms with van der Waals surface area (Å²) < 4.78 is 2.40. The van der Waals surface area contributed by atoms with Crippen LogP contribution < -0.4 is 0 Å². The second kappa shape index (κ2) is 13.6. The zero-order valence-corrected chi connectivity index (χ0v) is 30.9. The van der Waals surface area contributed by atoms with Crippen LogP contribution >= 0.6 is 0 Å². The van der Waals surface area contributed by atoms with E-state index in [1.165, 1.54) is 21.5 Å². The van der Waals surface area contributed by atoms with Crippen molar-refractivity contribution >= 4 is 43.4 Å². The third-order valence-electron chi connectivity index (χ3n) is 11.0. The average Bonchev–Trinajstić information content (AvgIpc) is 3.61. The first-order chi connectivity index (χ1) is 28.2. The highest BCUT2D eigenvalue weighted by Gasteiger charge is 2.20. The molecule has 4 nitrogen and oxygen atoms in total. The third kappa shape index (κ3) is 5.74. The summed E-state index contributed by atoms with van der Waals surface area (Å²) >= 11 is 0. The maximum atomic E-state index is 5.31. The maximum absolute atomic E-state index is 5.31. The van der Waals surface area contributed by atoms with Crippen molar-refractivity contribution in [2.24, 2.45) is 0 Å². The van der Waals surface area contributed by atoms with Crippen LogP contribution in [0, 0.1) is 0 Å². The molecule has 0 N–H and O–H groups in total. The molecule has 11 aromatic rings. The standard InChI is InChI=1S/C53H34N4/c1-3-15-35(16-4-1)38-23-13-24-41(31-38)47-34-42(57-49-28-12-11-26-44(49)48-32-39-20-7-8-21-40(39)33-50(48)57)29-30-46(47)53-55-51(37-18-5-2-6-19-37)54-52(56-53)45-27-14-22-36-17-9-10-25-43(36)45/h1-34H. The van der Waals surface area contributed by atoms with Crippen molar-refractivity contribution in [3.05, 3.63) is 206 Å². The highest BCUT2D eigenvalue weighted by atomic mass is 15.0. The number of aromatic nitrogens is 4. The molecule has 0 saturated heterocycles. The van der Waals surface area contributed by atoms with Crippen LogP contribution in [-0.2, 0) is 0 Å². The fraction of sp³-hybridized carbons (Fsp3) is 0. The second-order valence-corrected chi connectivity index (χ2v) is 14.4. The number of nitrogens with zero attached hydrogens (tertiary/aromatic N) is 4. The first-order valence-electron chi connectivity index (χ1n) is 19.3. The molecule has 0 saturated carbocycles. The molecule has 57 heavy (non-hydrogen) atoms. The van der Waals surface area contributed by atoms with E-state index in [0.29, 0.717) is 17.5 Å². The smallest absolute Gasteiger partial charge is 0.164 e. The summed E-state index contributed by atoms with van der Waals surface area (Å²) in [6.45, 7) is 0. The van der Waals surface area contributed by atoms with Crippen LogP contribution in [-0.4, -0.2) is 19.5 Å². The first kappa shape index (κ1) is 32.7. The molecule has 0 aliphatic carbocycles. The van der Waals surface area contributed by atoms with Gasteiger partial charge in [0.05, 0.1) is 11.0 Å². The summed E-state index contributed by atoms with van der Waals surface area (Å²) in [5.74, 6) is 1.88. The van der Waals surface area contributed by atoms with E-state index in [4.69, 9.17) is 15.0 Å². The molecule has 0 bridgehead atoms. The molecule has 266 valence electrons. The van der Waals surface area contributed by atoms with Crippen molar-refractivity contribution < 1.29 is 0 Å². The molecule has 0 amide bonds. The first-order valence-corrected chi connectivity index (χ1v) is 19.3. The van der Waals surface area contributed by atoms with Gasteiger partial charge >= 0.3 is 0 Å². The fourth-order valence-electron chi connectivity index (χ4n) is 8.29. The van der Waals surface area contributed by atoms with Crippen LogP contribution in [0.25, 0.3) is 105 Å². The average molecular weight is 727 g/mol. The Kier molecular flexibility index (Phi) is 7.78. The van der Waals surface area contributed by atoms with Crippen LogP contribution in [0.4, 0.5) is 0 Å². The van der Waals surface area contributed by atoms with Gasteiger partial charge in [0.1, 0.15) is 0 Å². The van der Waals surface area contributed by atoms with Crippen molar-refractivity contribution in [2.45, 2.75) is 0 Å². The summed E-state index contributed by atoms with van der Waals surface area (Å²) in [4.78, 5) is 15.7. The molecule has 2 aromatic heterocycles. The third-order valence-corrected chi connectivity index (χ3v) is 11.0. The molecule has 0 fully saturated rings. The molecule has 0 spiro atoms. The van der Waals surface area contributed by atoms with Crippen molar-refractivity contribution in [1.82, 2.24) is 19.5 Å². The van der Waals surface area contributed by atoms with Gasteiger partial charge in [-0.2, -0.15) is 0 Å². The van der Waals surface area contributed by atoms with Crippen LogP contribution in [0.1, 0.15) is 0 Å². The molecule has 0 radical (unpaired) electrons. The Morgan fingerprint density at radius 2 is 0.860 bits per heavy atom. The van der Waals surface area contributed by atoms with Gasteiger partial charge in [0.15, 0.2) is 17.5 Å². The van der Waals surface area contributed by atoms with E-state index in [1.807, 2.05) is 18.2 Å². The lowest BCUT2D eigenvalue weighted by Crippen LogP contribution is -2.02. The predicted molar refractivity (Wildman–Crippen MR) is 236 cm³/mol. The maximum Gasteiger partial charge on any atom is 0.164 e. The molecule has 0 aliphatic rings. The largest absolute Gasteiger partial charge is 0.309 e. The van der Waals surface area contributed by atoms with E-state index in [-0.39, 0.29) is 0 Å². The van der Waals surface area contributed by atoms with Gasteiger partial charge in [-0.15, -0.1) is 0 Å². The number of para-hydroxylation sites is 1. The van der Waals surface area contributed by atoms with Crippen LogP contribution in [0.5, 0.6) is 0 Å². The van der Waals surface area contributed by atoms with E-state index in [9.17, 15) is 0 Å². The zero-order valence-electron chi connectivity index (χ0n) is 30.9. The second-order valence-electron chi connectivity index (χ2n) is 14.4. The molecule has 0 unspecified atom stereocenters. The topological polar surface area (TPSA) is 43.6 Å². The summed E-state index contributed by atoms with van der Waals surface area (Å²) in [7, 11) is 0. The molecule has 4 heteroatoms. The molecule has 9 aromatic carbocycles. The molecular weight excluding hydrogens is 693 g/mol. The summed E-state index contributed by atoms with van der Waals surface area (Å²) in [5, 5.41) is 7.13. The molecular formula is C53H34N4. The van der Waals surface area contributed by atoms with E-state index in [1.54, 1.807) is 0 Å². The van der Waals surface area contributed by atoms with Crippen molar-refractivity contribution in [1.29, 1.82) is 0 Å². The predicted octanol–water partition coefficient (Wildman–Crippen LogP) is 13.6. The highest BCUT2D eigenvalue weighted by Crippen LogP contribution is 2.40. The number of fused-ring (bicyclic) bond motifs is 5. The highest BCUT2D eigenvalue weighted by molar-refractivity contribution is 6.13. The minimum atomic E-state index is 0.617. The van der Waals surface area contributed by atoms with E-state index < -0.39 is 0 Å². The van der Waals surface area contributed by atoms with Gasteiger partial charge in [-0.1, -0.05) is 164 Å². The minimum absolute atomic E-state index is 0.617. The number of hydrogen-bond donors (Lipinski definition) is 0. The van der Waals surface area contributed by atoms with Gasteiger partial charge in [-0.25, -0.2) is 15.0 Å². The normalized spacial score (nSPS) is 11.5. The Balaban J connectivity index is 1.19. The van der Waals surface area contributed by atoms with Gasteiger partial charge in [0.2, 0.25) is 0 Å². The van der Waals surface area contributed by atoms with Crippen LogP contribution in [0.2, 0.25) is 0 Å². The Morgan fingerprint density at radius 3 is 1.67 bits per heavy atom. The summed E-state index contributed by atoms with van der Waals surface area (Å²) in [5.41, 5.74) is 10.6. The van der Waals surface area contributed by atoms with Crippen molar-refractivity contribution in [3.8, 4) is 62.1 Å². The Morgan fingerprint density at radius 1 is 0.281 bits per heavy atom. The lowest BCUT2D eigenvalue weighted by atomic mass is 9.94. The molecule has 0 aliphatic heterocycles. The van der Waals surface area contributed by atoms with Gasteiger partial charge in [0.25, 0.3) is 0 Å². The monoisotopic (exact) mass is 726 g/mol. The minimum Gasteiger partial charge on any atom is -0.309 e. The molecule has 0 atom stereocenters. The van der Waals surface area contributed by atoms with Gasteiger partial charge in [-0.3, -0.25) is 0 Å². The van der Waals surface area contributed by atoms with E-state index in [0.717, 1.165) is 66.4 Å². The number of hydrogen-bond acceptors (Lipinski definition) is 3. The Labute approximate surface area is 330 Å². The lowest BCUT2D eigenvalue weighted by Gasteiger charge is -2.16. The molecule has 2 heterocycles. The Hall–Kier alpha value is -7.69. The van der Waals surface area contributed by atoms with Crippen molar-refractivity contribution in [2.75, 3.05) is 0 Å². The molecule has 11 rings (SSSR count). The summed E-state index contributed by atoms with van der Waals surface area (Å²) in [6.07, 6.45) is 0. The lowest BCUT2D eigenvalue weighted by molar-refractivity contribution is 1.08. The van der Waals surface area contributed by atoms with Crippen LogP contribution in [0.15, 0.2) is 206 Å². The Bertz CT molecular complexity index is 3290. The van der Waals surface area contributed by atoms with Gasteiger partial charge in [0, 0.05) is 33.2 Å². The number of rotatable bonds is 6. The SMILES string of the molecule is c1ccc(-c2cccc(-c3cc(-n4c5ccccc5c5cc6ccccc6cc54)ccc3-c3nc(-c4ccccc4)nc(-c4cccc5ccccc45)n3)c2)cc1. The summed E-state index contributed by atoms with van der Waals surface area (Å²) in [6, 6.07) is 72.9. The van der Waals surface area contributed by atoms with Crippen LogP contribution in [0.3, 0.4) is 0 Å². The number of benzene rings is 9. The van der Waals surface area contributed by atoms with Gasteiger partial charge < -0.3 is 4.57 Å².